The quantitative estimate of drug-likeness (QED) is 0.797. The molecule has 0 aliphatic carbocycles. The SMILES string of the molecule is CCCc1ccc(S(=O)(=O)NCC(c2cccn2C)N(C)C)cc1. The number of aryl methyl sites for hydroxylation is 2. The van der Waals surface area contributed by atoms with E-state index in [1.807, 2.05) is 61.1 Å². The molecule has 0 amide bonds. The maximum Gasteiger partial charge on any atom is 0.240 e. The van der Waals surface area contributed by atoms with Crippen LogP contribution in [0, 0.1) is 0 Å². The summed E-state index contributed by atoms with van der Waals surface area (Å²) in [6.07, 6.45) is 3.97. The molecule has 1 atom stereocenters. The van der Waals surface area contributed by atoms with Crippen LogP contribution < -0.4 is 4.72 Å². The molecule has 0 spiro atoms. The van der Waals surface area contributed by atoms with Crippen molar-refractivity contribution in [2.75, 3.05) is 20.6 Å². The van der Waals surface area contributed by atoms with Gasteiger partial charge in [0.15, 0.2) is 0 Å². The van der Waals surface area contributed by atoms with Crippen LogP contribution in [0.2, 0.25) is 0 Å². The number of sulfonamides is 1. The highest BCUT2D eigenvalue weighted by molar-refractivity contribution is 7.89. The van der Waals surface area contributed by atoms with Crippen molar-refractivity contribution < 1.29 is 8.42 Å². The second-order valence-electron chi connectivity index (χ2n) is 6.27. The molecular weight excluding hydrogens is 322 g/mol. The average Bonchev–Trinajstić information content (AvgIpc) is 2.94. The molecule has 1 aromatic carbocycles. The summed E-state index contributed by atoms with van der Waals surface area (Å²) in [5.41, 5.74) is 2.23. The fraction of sp³-hybridized carbons (Fsp3) is 0.444. The topological polar surface area (TPSA) is 54.3 Å². The van der Waals surface area contributed by atoms with Crippen LogP contribution in [0.4, 0.5) is 0 Å². The first-order valence-corrected chi connectivity index (χ1v) is 9.69. The van der Waals surface area contributed by atoms with Crippen molar-refractivity contribution in [2.24, 2.45) is 7.05 Å². The van der Waals surface area contributed by atoms with Crippen molar-refractivity contribution in [3.05, 3.63) is 53.9 Å². The standard InChI is InChI=1S/C18H27N3O2S/c1-5-7-15-9-11-16(12-10-15)24(22,23)19-14-18(20(2)3)17-8-6-13-21(17)4/h6,8-13,18-19H,5,7,14H2,1-4H3. The van der Waals surface area contributed by atoms with E-state index in [9.17, 15) is 8.42 Å². The molecule has 0 saturated heterocycles. The number of benzene rings is 1. The normalized spacial score (nSPS) is 13.4. The average molecular weight is 350 g/mol. The first-order chi connectivity index (χ1) is 11.3. The molecule has 24 heavy (non-hydrogen) atoms. The molecule has 132 valence electrons. The van der Waals surface area contributed by atoms with Crippen LogP contribution in [0.3, 0.4) is 0 Å². The summed E-state index contributed by atoms with van der Waals surface area (Å²) in [6.45, 7) is 2.43. The van der Waals surface area contributed by atoms with E-state index in [0.29, 0.717) is 11.4 Å². The van der Waals surface area contributed by atoms with Gasteiger partial charge in [-0.2, -0.15) is 0 Å². The van der Waals surface area contributed by atoms with E-state index in [0.717, 1.165) is 24.1 Å². The van der Waals surface area contributed by atoms with Gasteiger partial charge < -0.3 is 4.57 Å². The van der Waals surface area contributed by atoms with E-state index in [4.69, 9.17) is 0 Å². The van der Waals surface area contributed by atoms with Gasteiger partial charge in [0.25, 0.3) is 0 Å². The lowest BCUT2D eigenvalue weighted by Gasteiger charge is -2.25. The molecule has 5 nitrogen and oxygen atoms in total. The third-order valence-corrected chi connectivity index (χ3v) is 5.63. The van der Waals surface area contributed by atoms with E-state index < -0.39 is 10.0 Å². The van der Waals surface area contributed by atoms with Gasteiger partial charge in [0.1, 0.15) is 0 Å². The largest absolute Gasteiger partial charge is 0.353 e. The molecule has 0 aliphatic rings. The van der Waals surface area contributed by atoms with Crippen molar-refractivity contribution in [1.82, 2.24) is 14.2 Å². The summed E-state index contributed by atoms with van der Waals surface area (Å²) in [6, 6.07) is 11.1. The van der Waals surface area contributed by atoms with Gasteiger partial charge in [-0.3, -0.25) is 4.90 Å². The molecule has 0 saturated carbocycles. The third-order valence-electron chi connectivity index (χ3n) is 4.19. The Morgan fingerprint density at radius 1 is 1.17 bits per heavy atom. The molecule has 6 heteroatoms. The van der Waals surface area contributed by atoms with E-state index in [-0.39, 0.29) is 6.04 Å². The van der Waals surface area contributed by atoms with Crippen LogP contribution in [0.15, 0.2) is 47.5 Å². The summed E-state index contributed by atoms with van der Waals surface area (Å²) < 4.78 is 29.8. The second kappa shape index (κ2) is 7.96. The highest BCUT2D eigenvalue weighted by Crippen LogP contribution is 2.19. The highest BCUT2D eigenvalue weighted by atomic mass is 32.2. The maximum atomic E-state index is 12.5. The monoisotopic (exact) mass is 349 g/mol. The van der Waals surface area contributed by atoms with Gasteiger partial charge in [-0.15, -0.1) is 0 Å². The molecule has 0 fully saturated rings. The third kappa shape index (κ3) is 4.47. The minimum absolute atomic E-state index is 0.0286. The van der Waals surface area contributed by atoms with Crippen LogP contribution in [0.1, 0.15) is 30.6 Å². The molecule has 1 heterocycles. The van der Waals surface area contributed by atoms with Crippen molar-refractivity contribution in [1.29, 1.82) is 0 Å². The summed E-state index contributed by atoms with van der Waals surface area (Å²) in [5, 5.41) is 0. The van der Waals surface area contributed by atoms with Gasteiger partial charge in [0.2, 0.25) is 10.0 Å². The lowest BCUT2D eigenvalue weighted by molar-refractivity contribution is 0.289. The zero-order chi connectivity index (χ0) is 17.7. The van der Waals surface area contributed by atoms with E-state index in [2.05, 4.69) is 11.6 Å². The number of aromatic nitrogens is 1. The number of likely N-dealkylation sites (N-methyl/N-ethyl adjacent to an activating group) is 1. The predicted molar refractivity (Wildman–Crippen MR) is 97.5 cm³/mol. The van der Waals surface area contributed by atoms with Crippen LogP contribution in [-0.2, 0) is 23.5 Å². The highest BCUT2D eigenvalue weighted by Gasteiger charge is 2.21. The summed E-state index contributed by atoms with van der Waals surface area (Å²) in [4.78, 5) is 2.33. The lowest BCUT2D eigenvalue weighted by atomic mass is 10.1. The molecule has 2 aromatic rings. The van der Waals surface area contributed by atoms with E-state index >= 15 is 0 Å². The minimum atomic E-state index is -3.51. The van der Waals surface area contributed by atoms with Gasteiger partial charge in [-0.05, 0) is 50.3 Å². The Bertz CT molecular complexity index is 749. The Labute approximate surface area is 145 Å². The second-order valence-corrected chi connectivity index (χ2v) is 8.04. The molecule has 0 aliphatic heterocycles. The van der Waals surface area contributed by atoms with Crippen LogP contribution >= 0.6 is 0 Å². The summed E-state index contributed by atoms with van der Waals surface area (Å²) in [5.74, 6) is 0. The van der Waals surface area contributed by atoms with Crippen LogP contribution in [-0.4, -0.2) is 38.5 Å². The fourth-order valence-corrected chi connectivity index (χ4v) is 3.81. The van der Waals surface area contributed by atoms with Crippen molar-refractivity contribution in [3.63, 3.8) is 0 Å². The summed E-state index contributed by atoms with van der Waals surface area (Å²) >= 11 is 0. The van der Waals surface area contributed by atoms with Crippen molar-refractivity contribution in [2.45, 2.75) is 30.7 Å². The van der Waals surface area contributed by atoms with Crippen molar-refractivity contribution in [3.8, 4) is 0 Å². The van der Waals surface area contributed by atoms with E-state index in [1.54, 1.807) is 12.1 Å². The van der Waals surface area contributed by atoms with Gasteiger partial charge in [-0.25, -0.2) is 13.1 Å². The molecule has 1 aromatic heterocycles. The number of hydrogen-bond acceptors (Lipinski definition) is 3. The van der Waals surface area contributed by atoms with Gasteiger partial charge in [-0.1, -0.05) is 25.5 Å². The zero-order valence-electron chi connectivity index (χ0n) is 14.9. The Morgan fingerprint density at radius 3 is 2.33 bits per heavy atom. The number of hydrogen-bond donors (Lipinski definition) is 1. The number of nitrogens with zero attached hydrogens (tertiary/aromatic N) is 2. The van der Waals surface area contributed by atoms with E-state index in [1.165, 1.54) is 0 Å². The smallest absolute Gasteiger partial charge is 0.240 e. The van der Waals surface area contributed by atoms with Gasteiger partial charge in [0, 0.05) is 25.5 Å². The Hall–Kier alpha value is -1.63. The van der Waals surface area contributed by atoms with Crippen molar-refractivity contribution >= 4 is 10.0 Å². The van der Waals surface area contributed by atoms with Crippen LogP contribution in [0.25, 0.3) is 0 Å². The minimum Gasteiger partial charge on any atom is -0.353 e. The zero-order valence-corrected chi connectivity index (χ0v) is 15.7. The molecule has 1 N–H and O–H groups in total. The van der Waals surface area contributed by atoms with Crippen LogP contribution in [0.5, 0.6) is 0 Å². The molecule has 0 bridgehead atoms. The molecule has 1 unspecified atom stereocenters. The first kappa shape index (κ1) is 18.7. The maximum absolute atomic E-state index is 12.5. The Balaban J connectivity index is 2.12. The lowest BCUT2D eigenvalue weighted by Crippen LogP contribution is -2.35. The van der Waals surface area contributed by atoms with Gasteiger partial charge in [0.05, 0.1) is 10.9 Å². The van der Waals surface area contributed by atoms with Gasteiger partial charge >= 0.3 is 0 Å². The Kier molecular flexibility index (Phi) is 6.21. The molecular formula is C18H27N3O2S. The molecule has 0 radical (unpaired) electrons. The fourth-order valence-electron chi connectivity index (χ4n) is 2.77. The number of rotatable bonds is 8. The first-order valence-electron chi connectivity index (χ1n) is 8.21. The predicted octanol–water partition coefficient (Wildman–Crippen LogP) is 2.56. The Morgan fingerprint density at radius 2 is 1.83 bits per heavy atom. The summed E-state index contributed by atoms with van der Waals surface area (Å²) in [7, 11) is 2.35. The number of nitrogens with one attached hydrogen (secondary N) is 1. The molecule has 2 rings (SSSR count).